The molecule has 1 saturated heterocycles. The Morgan fingerprint density at radius 1 is 1.27 bits per heavy atom. The van der Waals surface area contributed by atoms with E-state index in [-0.39, 0.29) is 17.8 Å². The van der Waals surface area contributed by atoms with Crippen molar-refractivity contribution in [3.8, 4) is 0 Å². The first-order valence-corrected chi connectivity index (χ1v) is 8.85. The summed E-state index contributed by atoms with van der Waals surface area (Å²) < 4.78 is 5.75. The second-order valence-corrected chi connectivity index (χ2v) is 6.91. The molecule has 0 radical (unpaired) electrons. The molecule has 0 aliphatic carbocycles. The Bertz CT molecular complexity index is 718. The van der Waals surface area contributed by atoms with Gasteiger partial charge < -0.3 is 9.72 Å². The molecule has 0 amide bonds. The Balaban J connectivity index is 1.87. The van der Waals surface area contributed by atoms with Gasteiger partial charge in [0.2, 0.25) is 0 Å². The molecule has 22 heavy (non-hydrogen) atoms. The lowest BCUT2D eigenvalue weighted by Crippen LogP contribution is -2.45. The van der Waals surface area contributed by atoms with Gasteiger partial charge in [0.15, 0.2) is 0 Å². The maximum Gasteiger partial charge on any atom is 0.252 e. The van der Waals surface area contributed by atoms with Crippen LogP contribution in [0, 0.1) is 0 Å². The number of pyridine rings is 1. The van der Waals surface area contributed by atoms with E-state index in [1.807, 2.05) is 18.4 Å². The van der Waals surface area contributed by atoms with Gasteiger partial charge in [-0.25, -0.2) is 0 Å². The first kappa shape index (κ1) is 15.6. The van der Waals surface area contributed by atoms with Gasteiger partial charge in [0.05, 0.1) is 12.2 Å². The summed E-state index contributed by atoms with van der Waals surface area (Å²) in [5.41, 5.74) is 1.74. The number of ether oxygens (including phenoxy) is 1. The van der Waals surface area contributed by atoms with Crippen molar-refractivity contribution in [2.75, 3.05) is 19.3 Å². The fourth-order valence-corrected chi connectivity index (χ4v) is 3.56. The average molecular weight is 318 g/mol. The molecule has 1 aromatic heterocycles. The molecule has 2 atom stereocenters. The van der Waals surface area contributed by atoms with Gasteiger partial charge in [-0.2, -0.15) is 0 Å². The topological polar surface area (TPSA) is 45.3 Å². The maximum absolute atomic E-state index is 12.3. The molecule has 118 valence electrons. The highest BCUT2D eigenvalue weighted by Gasteiger charge is 2.22. The Kier molecular flexibility index (Phi) is 4.57. The van der Waals surface area contributed by atoms with Gasteiger partial charge in [-0.3, -0.25) is 9.69 Å². The number of rotatable bonds is 3. The van der Waals surface area contributed by atoms with E-state index < -0.39 is 0 Å². The van der Waals surface area contributed by atoms with E-state index in [2.05, 4.69) is 35.9 Å². The summed E-state index contributed by atoms with van der Waals surface area (Å²) in [6.07, 6.45) is 2.47. The van der Waals surface area contributed by atoms with Gasteiger partial charge in [0.25, 0.3) is 5.56 Å². The minimum Gasteiger partial charge on any atom is -0.373 e. The molecule has 0 spiro atoms. The third-order valence-corrected chi connectivity index (χ3v) is 4.74. The van der Waals surface area contributed by atoms with E-state index in [1.165, 1.54) is 0 Å². The minimum atomic E-state index is 0.0116. The molecule has 1 aliphatic heterocycles. The number of aromatic nitrogens is 1. The second kappa shape index (κ2) is 6.44. The highest BCUT2D eigenvalue weighted by atomic mass is 32.2. The summed E-state index contributed by atoms with van der Waals surface area (Å²) in [5.74, 6) is 0. The number of nitrogens with zero attached hydrogens (tertiary/aromatic N) is 1. The molecule has 1 aromatic carbocycles. The fraction of sp³-hybridized carbons (Fsp3) is 0.471. The van der Waals surface area contributed by atoms with Gasteiger partial charge >= 0.3 is 0 Å². The van der Waals surface area contributed by atoms with Crippen molar-refractivity contribution in [2.45, 2.75) is 37.5 Å². The molecule has 1 fully saturated rings. The van der Waals surface area contributed by atoms with Crippen LogP contribution in [0.3, 0.4) is 0 Å². The van der Waals surface area contributed by atoms with Crippen molar-refractivity contribution in [3.63, 3.8) is 0 Å². The van der Waals surface area contributed by atoms with Crippen LogP contribution in [0.15, 0.2) is 34.0 Å². The van der Waals surface area contributed by atoms with Crippen LogP contribution in [0.2, 0.25) is 0 Å². The van der Waals surface area contributed by atoms with Gasteiger partial charge in [-0.05, 0) is 43.7 Å². The second-order valence-electron chi connectivity index (χ2n) is 6.03. The first-order chi connectivity index (χ1) is 10.5. The number of fused-ring (bicyclic) bond motifs is 1. The van der Waals surface area contributed by atoms with E-state index in [4.69, 9.17) is 4.74 Å². The Hall–Kier alpha value is -1.30. The van der Waals surface area contributed by atoms with Crippen LogP contribution < -0.4 is 5.56 Å². The van der Waals surface area contributed by atoms with E-state index in [0.29, 0.717) is 6.54 Å². The van der Waals surface area contributed by atoms with E-state index >= 15 is 0 Å². The molecular formula is C17H22N2O2S. The Morgan fingerprint density at radius 2 is 2.00 bits per heavy atom. The number of H-pyrrole nitrogens is 1. The molecule has 1 aliphatic rings. The molecule has 2 heterocycles. The van der Waals surface area contributed by atoms with Crippen molar-refractivity contribution >= 4 is 22.7 Å². The number of hydrogen-bond acceptors (Lipinski definition) is 4. The summed E-state index contributed by atoms with van der Waals surface area (Å²) in [6.45, 7) is 6.57. The largest absolute Gasteiger partial charge is 0.373 e. The van der Waals surface area contributed by atoms with E-state index in [9.17, 15) is 4.79 Å². The van der Waals surface area contributed by atoms with Gasteiger partial charge in [0, 0.05) is 35.6 Å². The van der Waals surface area contributed by atoms with E-state index in [0.717, 1.165) is 34.5 Å². The van der Waals surface area contributed by atoms with Gasteiger partial charge in [0.1, 0.15) is 0 Å². The number of morpholine rings is 1. The summed E-state index contributed by atoms with van der Waals surface area (Å²) >= 11 is 1.68. The monoisotopic (exact) mass is 318 g/mol. The molecule has 4 nitrogen and oxygen atoms in total. The molecule has 2 aromatic rings. The van der Waals surface area contributed by atoms with E-state index in [1.54, 1.807) is 11.8 Å². The number of thioether (sulfide) groups is 1. The van der Waals surface area contributed by atoms with Crippen LogP contribution in [-0.4, -0.2) is 41.4 Å². The van der Waals surface area contributed by atoms with Crippen LogP contribution in [0.5, 0.6) is 0 Å². The van der Waals surface area contributed by atoms with Gasteiger partial charge in [-0.1, -0.05) is 6.07 Å². The van der Waals surface area contributed by atoms with Crippen LogP contribution in [0.4, 0.5) is 0 Å². The smallest absolute Gasteiger partial charge is 0.252 e. The van der Waals surface area contributed by atoms with Crippen molar-refractivity contribution in [1.29, 1.82) is 0 Å². The zero-order valence-electron chi connectivity index (χ0n) is 13.3. The predicted molar refractivity (Wildman–Crippen MR) is 91.6 cm³/mol. The van der Waals surface area contributed by atoms with Gasteiger partial charge in [-0.15, -0.1) is 11.8 Å². The summed E-state index contributed by atoms with van der Waals surface area (Å²) in [7, 11) is 0. The van der Waals surface area contributed by atoms with Crippen molar-refractivity contribution in [1.82, 2.24) is 9.88 Å². The zero-order chi connectivity index (χ0) is 15.7. The third-order valence-electron chi connectivity index (χ3n) is 4.02. The summed E-state index contributed by atoms with van der Waals surface area (Å²) in [5, 5.41) is 1.08. The van der Waals surface area contributed by atoms with Crippen molar-refractivity contribution in [2.24, 2.45) is 0 Å². The lowest BCUT2D eigenvalue weighted by Gasteiger charge is -2.35. The molecular weight excluding hydrogens is 296 g/mol. The molecule has 0 saturated carbocycles. The normalized spacial score (nSPS) is 23.0. The minimum absolute atomic E-state index is 0.0116. The van der Waals surface area contributed by atoms with Crippen molar-refractivity contribution < 1.29 is 4.74 Å². The van der Waals surface area contributed by atoms with Crippen LogP contribution in [0.25, 0.3) is 10.9 Å². The predicted octanol–water partition coefficient (Wildman–Crippen LogP) is 2.86. The zero-order valence-corrected chi connectivity index (χ0v) is 14.1. The Labute approximate surface area is 134 Å². The quantitative estimate of drug-likeness (QED) is 0.884. The number of hydrogen-bond donors (Lipinski definition) is 1. The molecule has 5 heteroatoms. The SMILES string of the molecule is CSc1ccc2cc(CN3C[C@@H](C)O[C@@H](C)C3)c(=O)[nH]c2c1. The average Bonchev–Trinajstić information content (AvgIpc) is 2.46. The standard InChI is InChI=1S/C17H22N2O2S/c1-11-8-19(9-12(2)21-11)10-14-6-13-4-5-15(22-3)7-16(13)18-17(14)20/h4-7,11-12H,8-10H2,1-3H3,(H,18,20)/t11-,12+. The van der Waals surface area contributed by atoms with Crippen LogP contribution >= 0.6 is 11.8 Å². The van der Waals surface area contributed by atoms with Crippen LogP contribution in [-0.2, 0) is 11.3 Å². The fourth-order valence-electron chi connectivity index (χ4n) is 3.12. The Morgan fingerprint density at radius 3 is 2.68 bits per heavy atom. The number of benzene rings is 1. The number of aromatic amines is 1. The summed E-state index contributed by atoms with van der Waals surface area (Å²) in [6, 6.07) is 8.21. The highest BCUT2D eigenvalue weighted by Crippen LogP contribution is 2.21. The molecule has 0 bridgehead atoms. The molecule has 0 unspecified atom stereocenters. The lowest BCUT2D eigenvalue weighted by atomic mass is 10.1. The number of nitrogens with one attached hydrogen (secondary N) is 1. The van der Waals surface area contributed by atoms with Crippen LogP contribution in [0.1, 0.15) is 19.4 Å². The first-order valence-electron chi connectivity index (χ1n) is 7.63. The summed E-state index contributed by atoms with van der Waals surface area (Å²) in [4.78, 5) is 18.8. The molecule has 1 N–H and O–H groups in total. The third kappa shape index (κ3) is 3.37. The lowest BCUT2D eigenvalue weighted by molar-refractivity contribution is -0.0705. The highest BCUT2D eigenvalue weighted by molar-refractivity contribution is 7.98. The maximum atomic E-state index is 12.3. The van der Waals surface area contributed by atoms with Crippen molar-refractivity contribution in [3.05, 3.63) is 40.2 Å². The molecule has 3 rings (SSSR count).